The summed E-state index contributed by atoms with van der Waals surface area (Å²) in [6.45, 7) is 8.35. The number of epoxide rings is 2. The molecule has 0 aromatic rings. The van der Waals surface area contributed by atoms with Gasteiger partial charge in [-0.25, -0.2) is 0 Å². The molecule has 9 heteroatoms. The van der Waals surface area contributed by atoms with Gasteiger partial charge in [0.25, 0.3) is 5.91 Å². The highest BCUT2D eigenvalue weighted by molar-refractivity contribution is 5.93. The van der Waals surface area contributed by atoms with E-state index < -0.39 is 17.5 Å². The van der Waals surface area contributed by atoms with Gasteiger partial charge in [0.1, 0.15) is 49.9 Å². The molecule has 3 fully saturated rings. The molecular formula is C16H22N2O7. The van der Waals surface area contributed by atoms with E-state index in [1.54, 1.807) is 13.8 Å². The molecule has 2 unspecified atom stereocenters. The second kappa shape index (κ2) is 6.64. The second-order valence-corrected chi connectivity index (χ2v) is 6.73. The van der Waals surface area contributed by atoms with E-state index in [1.165, 1.54) is 9.80 Å². The minimum atomic E-state index is -1.01. The molecule has 0 radical (unpaired) electrons. The summed E-state index contributed by atoms with van der Waals surface area (Å²) in [6.07, 6.45) is -0.0679. The van der Waals surface area contributed by atoms with E-state index in [0.717, 1.165) is 0 Å². The van der Waals surface area contributed by atoms with E-state index in [2.05, 4.69) is 6.58 Å². The van der Waals surface area contributed by atoms with E-state index in [4.69, 9.17) is 18.9 Å². The summed E-state index contributed by atoms with van der Waals surface area (Å²) in [5, 5.41) is 0. The first kappa shape index (κ1) is 17.7. The van der Waals surface area contributed by atoms with Crippen LogP contribution in [0.1, 0.15) is 13.8 Å². The molecule has 0 aromatic carbocycles. The lowest BCUT2D eigenvalue weighted by Gasteiger charge is -2.29. The molecule has 3 saturated heterocycles. The van der Waals surface area contributed by atoms with E-state index >= 15 is 0 Å². The lowest BCUT2D eigenvalue weighted by Crippen LogP contribution is -2.45. The average molecular weight is 354 g/mol. The van der Waals surface area contributed by atoms with Gasteiger partial charge in [0.2, 0.25) is 0 Å². The summed E-state index contributed by atoms with van der Waals surface area (Å²) in [6, 6.07) is 0. The van der Waals surface area contributed by atoms with Crippen molar-refractivity contribution in [3.8, 4) is 0 Å². The molecule has 0 spiro atoms. The number of nitrogens with zero attached hydrogens (tertiary/aromatic N) is 2. The standard InChI is InChI=1S/C16H22N2O7/c1-10-17(4-13(19)24-8-11-6-22-11)15(21)16(2,3)18(10)5-14(20)25-9-12-7-23-12/h11-12H,1,4-9H2,2-3H3. The van der Waals surface area contributed by atoms with Gasteiger partial charge in [0.05, 0.1) is 13.2 Å². The number of amides is 1. The molecule has 0 bridgehead atoms. The van der Waals surface area contributed by atoms with Gasteiger partial charge in [-0.3, -0.25) is 19.3 Å². The summed E-state index contributed by atoms with van der Waals surface area (Å²) in [7, 11) is 0. The first-order valence-corrected chi connectivity index (χ1v) is 8.12. The highest BCUT2D eigenvalue weighted by Gasteiger charge is 2.49. The first-order chi connectivity index (χ1) is 11.8. The fourth-order valence-corrected chi connectivity index (χ4v) is 2.53. The molecule has 9 nitrogen and oxygen atoms in total. The predicted molar refractivity (Wildman–Crippen MR) is 83.0 cm³/mol. The number of esters is 2. The summed E-state index contributed by atoms with van der Waals surface area (Å²) >= 11 is 0. The third kappa shape index (κ3) is 4.10. The van der Waals surface area contributed by atoms with E-state index in [1.807, 2.05) is 0 Å². The smallest absolute Gasteiger partial charge is 0.326 e. The molecule has 3 heterocycles. The molecule has 0 saturated carbocycles. The largest absolute Gasteiger partial charge is 0.462 e. The van der Waals surface area contributed by atoms with Crippen molar-refractivity contribution in [2.45, 2.75) is 31.6 Å². The van der Waals surface area contributed by atoms with E-state index in [0.29, 0.717) is 13.2 Å². The van der Waals surface area contributed by atoms with Crippen LogP contribution in [0.15, 0.2) is 12.4 Å². The van der Waals surface area contributed by atoms with E-state index in [-0.39, 0.29) is 50.2 Å². The average Bonchev–Trinajstić information content (AvgIpc) is 3.45. The van der Waals surface area contributed by atoms with Crippen LogP contribution in [0, 0.1) is 0 Å². The lowest BCUT2D eigenvalue weighted by molar-refractivity contribution is -0.149. The molecule has 2 atom stereocenters. The van der Waals surface area contributed by atoms with Gasteiger partial charge in [-0.05, 0) is 13.8 Å². The van der Waals surface area contributed by atoms with Gasteiger partial charge in [-0.2, -0.15) is 0 Å². The van der Waals surface area contributed by atoms with Crippen molar-refractivity contribution in [1.29, 1.82) is 0 Å². The summed E-state index contributed by atoms with van der Waals surface area (Å²) in [4.78, 5) is 39.3. The number of carbonyl (C=O) groups is 3. The Hall–Kier alpha value is -2.13. The van der Waals surface area contributed by atoms with Crippen LogP contribution in [0.25, 0.3) is 0 Å². The monoisotopic (exact) mass is 354 g/mol. The van der Waals surface area contributed by atoms with Crippen LogP contribution in [0.5, 0.6) is 0 Å². The van der Waals surface area contributed by atoms with Gasteiger partial charge >= 0.3 is 11.9 Å². The third-order valence-corrected chi connectivity index (χ3v) is 4.31. The normalized spacial score (nSPS) is 26.6. The molecule has 138 valence electrons. The minimum Gasteiger partial charge on any atom is -0.462 e. The van der Waals surface area contributed by atoms with Gasteiger partial charge in [0, 0.05) is 0 Å². The first-order valence-electron chi connectivity index (χ1n) is 8.12. The van der Waals surface area contributed by atoms with Crippen LogP contribution < -0.4 is 0 Å². The molecule has 0 N–H and O–H groups in total. The molecule has 0 aromatic heterocycles. The quantitative estimate of drug-likeness (QED) is 0.415. The van der Waals surface area contributed by atoms with Crippen LogP contribution in [0.3, 0.4) is 0 Å². The highest BCUT2D eigenvalue weighted by atomic mass is 16.6. The molecule has 3 aliphatic rings. The summed E-state index contributed by atoms with van der Waals surface area (Å²) in [5.74, 6) is -1.08. The number of hydrogen-bond donors (Lipinski definition) is 0. The van der Waals surface area contributed by atoms with Crippen molar-refractivity contribution in [2.75, 3.05) is 39.5 Å². The van der Waals surface area contributed by atoms with Crippen molar-refractivity contribution in [3.05, 3.63) is 12.4 Å². The maximum absolute atomic E-state index is 12.6. The molecule has 3 rings (SSSR count). The molecule has 3 aliphatic heterocycles. The zero-order chi connectivity index (χ0) is 18.2. The molecule has 0 aliphatic carbocycles. The molecular weight excluding hydrogens is 332 g/mol. The Kier molecular flexibility index (Phi) is 4.70. The Balaban J connectivity index is 1.56. The SMILES string of the molecule is C=C1N(CC(=O)OCC2CO2)C(=O)C(C)(C)N1CC(=O)OCC1CO1. The van der Waals surface area contributed by atoms with Crippen LogP contribution in [-0.2, 0) is 33.3 Å². The molecule has 25 heavy (non-hydrogen) atoms. The van der Waals surface area contributed by atoms with Crippen LogP contribution >= 0.6 is 0 Å². The Morgan fingerprint density at radius 3 is 2.08 bits per heavy atom. The summed E-state index contributed by atoms with van der Waals surface area (Å²) in [5.41, 5.74) is -1.01. The van der Waals surface area contributed by atoms with Gasteiger partial charge < -0.3 is 23.8 Å². The Morgan fingerprint density at radius 2 is 1.60 bits per heavy atom. The van der Waals surface area contributed by atoms with Crippen LogP contribution in [-0.4, -0.2) is 84.9 Å². The highest BCUT2D eigenvalue weighted by Crippen LogP contribution is 2.32. The third-order valence-electron chi connectivity index (χ3n) is 4.31. The number of ether oxygens (including phenoxy) is 4. The predicted octanol–water partition coefficient (Wildman–Crippen LogP) is -0.736. The fourth-order valence-electron chi connectivity index (χ4n) is 2.53. The minimum absolute atomic E-state index is 0.0258. The number of rotatable bonds is 8. The van der Waals surface area contributed by atoms with Crippen LogP contribution in [0.2, 0.25) is 0 Å². The fraction of sp³-hybridized carbons (Fsp3) is 0.688. The van der Waals surface area contributed by atoms with Crippen molar-refractivity contribution < 1.29 is 33.3 Å². The second-order valence-electron chi connectivity index (χ2n) is 6.73. The maximum Gasteiger partial charge on any atom is 0.326 e. The van der Waals surface area contributed by atoms with Crippen molar-refractivity contribution >= 4 is 17.8 Å². The van der Waals surface area contributed by atoms with Crippen molar-refractivity contribution in [1.82, 2.24) is 9.80 Å². The zero-order valence-corrected chi connectivity index (χ0v) is 14.4. The zero-order valence-electron chi connectivity index (χ0n) is 14.4. The topological polar surface area (TPSA) is 101 Å². The maximum atomic E-state index is 12.6. The van der Waals surface area contributed by atoms with Crippen molar-refractivity contribution in [2.24, 2.45) is 0 Å². The Morgan fingerprint density at radius 1 is 1.12 bits per heavy atom. The van der Waals surface area contributed by atoms with Gasteiger partial charge in [-0.15, -0.1) is 0 Å². The van der Waals surface area contributed by atoms with E-state index in [9.17, 15) is 14.4 Å². The van der Waals surface area contributed by atoms with Gasteiger partial charge in [-0.1, -0.05) is 6.58 Å². The Labute approximate surface area is 145 Å². The number of carbonyl (C=O) groups excluding carboxylic acids is 3. The lowest BCUT2D eigenvalue weighted by atomic mass is 10.0. The number of hydrogen-bond acceptors (Lipinski definition) is 8. The van der Waals surface area contributed by atoms with Crippen LogP contribution in [0.4, 0.5) is 0 Å². The Bertz CT molecular complexity index is 595. The van der Waals surface area contributed by atoms with Crippen molar-refractivity contribution in [3.63, 3.8) is 0 Å². The van der Waals surface area contributed by atoms with Gasteiger partial charge in [0.15, 0.2) is 0 Å². The molecule has 1 amide bonds. The summed E-state index contributed by atoms with van der Waals surface area (Å²) < 4.78 is 20.1.